The fraction of sp³-hybridized carbons (Fsp3) is 0. The van der Waals surface area contributed by atoms with Crippen LogP contribution >= 0.6 is 39.1 Å². The minimum atomic E-state index is 0.272. The maximum atomic E-state index is 6.01. The minimum absolute atomic E-state index is 0.272. The van der Waals surface area contributed by atoms with Gasteiger partial charge in [0.05, 0.1) is 5.02 Å². The number of aromatic nitrogens is 1. The van der Waals surface area contributed by atoms with Gasteiger partial charge in [0.1, 0.15) is 10.9 Å². The summed E-state index contributed by atoms with van der Waals surface area (Å²) in [4.78, 5) is 3.99. The van der Waals surface area contributed by atoms with Crippen molar-refractivity contribution in [1.29, 1.82) is 0 Å². The molecule has 2 rings (SSSR count). The second kappa shape index (κ2) is 5.12. The Hall–Kier alpha value is -0.970. The van der Waals surface area contributed by atoms with E-state index in [-0.39, 0.29) is 5.15 Å². The number of anilines is 1. The summed E-state index contributed by atoms with van der Waals surface area (Å²) in [6.07, 6.45) is 0. The minimum Gasteiger partial charge on any atom is -0.437 e. The molecular formula is C11H7BrCl2N2O. The number of ether oxygens (including phenoxy) is 1. The molecule has 17 heavy (non-hydrogen) atoms. The first kappa shape index (κ1) is 12.5. The molecule has 2 N–H and O–H groups in total. The van der Waals surface area contributed by atoms with Crippen LogP contribution in [0.2, 0.25) is 10.2 Å². The van der Waals surface area contributed by atoms with Gasteiger partial charge in [-0.2, -0.15) is 0 Å². The van der Waals surface area contributed by atoms with Crippen LogP contribution in [-0.2, 0) is 0 Å². The zero-order valence-corrected chi connectivity index (χ0v) is 11.6. The van der Waals surface area contributed by atoms with Gasteiger partial charge >= 0.3 is 0 Å². The topological polar surface area (TPSA) is 48.1 Å². The number of hydrogen-bond donors (Lipinski definition) is 1. The van der Waals surface area contributed by atoms with E-state index < -0.39 is 0 Å². The molecule has 0 atom stereocenters. The summed E-state index contributed by atoms with van der Waals surface area (Å²) < 4.78 is 6.37. The molecule has 0 fully saturated rings. The highest BCUT2D eigenvalue weighted by molar-refractivity contribution is 9.10. The predicted molar refractivity (Wildman–Crippen MR) is 72.9 cm³/mol. The molecule has 0 saturated heterocycles. The first-order chi connectivity index (χ1) is 8.04. The van der Waals surface area contributed by atoms with Crippen molar-refractivity contribution in [3.8, 4) is 11.6 Å². The van der Waals surface area contributed by atoms with Crippen LogP contribution in [-0.4, -0.2) is 4.98 Å². The van der Waals surface area contributed by atoms with Crippen molar-refractivity contribution in [3.05, 3.63) is 45.0 Å². The summed E-state index contributed by atoms with van der Waals surface area (Å²) in [7, 11) is 0. The Labute approximate surface area is 117 Å². The van der Waals surface area contributed by atoms with E-state index in [1.54, 1.807) is 18.2 Å². The van der Waals surface area contributed by atoms with E-state index in [4.69, 9.17) is 33.7 Å². The molecule has 3 nitrogen and oxygen atoms in total. The number of hydrogen-bond acceptors (Lipinski definition) is 3. The van der Waals surface area contributed by atoms with Gasteiger partial charge in [-0.05, 0) is 24.3 Å². The van der Waals surface area contributed by atoms with Gasteiger partial charge in [0.15, 0.2) is 0 Å². The summed E-state index contributed by atoms with van der Waals surface area (Å²) in [6, 6.07) is 8.38. The highest BCUT2D eigenvalue weighted by Crippen LogP contribution is 2.31. The van der Waals surface area contributed by atoms with Crippen molar-refractivity contribution in [2.24, 2.45) is 0 Å². The van der Waals surface area contributed by atoms with Crippen LogP contribution in [0.5, 0.6) is 11.6 Å². The van der Waals surface area contributed by atoms with Crippen LogP contribution in [0.15, 0.2) is 34.8 Å². The number of halogens is 3. The standard InChI is InChI=1S/C11H7BrCl2N2O/c12-6-1-2-9(8(13)3-6)17-11-5-7(15)4-10(14)16-11/h1-5H,(H2,15,16). The van der Waals surface area contributed by atoms with Crippen LogP contribution in [0.25, 0.3) is 0 Å². The van der Waals surface area contributed by atoms with Crippen LogP contribution in [0.1, 0.15) is 0 Å². The van der Waals surface area contributed by atoms with Crippen molar-refractivity contribution in [1.82, 2.24) is 4.98 Å². The summed E-state index contributed by atoms with van der Waals surface area (Å²) in [5.41, 5.74) is 6.11. The number of pyridine rings is 1. The molecule has 0 unspecified atom stereocenters. The third-order valence-electron chi connectivity index (χ3n) is 1.90. The maximum absolute atomic E-state index is 6.01. The molecule has 2 aromatic rings. The molecule has 0 aliphatic carbocycles. The lowest BCUT2D eigenvalue weighted by Crippen LogP contribution is -1.92. The number of benzene rings is 1. The third kappa shape index (κ3) is 3.25. The largest absolute Gasteiger partial charge is 0.437 e. The van der Waals surface area contributed by atoms with Crippen molar-refractivity contribution < 1.29 is 4.74 Å². The monoisotopic (exact) mass is 332 g/mol. The van der Waals surface area contributed by atoms with Crippen LogP contribution in [0.3, 0.4) is 0 Å². The molecule has 1 aromatic heterocycles. The van der Waals surface area contributed by atoms with Gasteiger partial charge in [-0.1, -0.05) is 39.1 Å². The number of nitrogen functional groups attached to an aromatic ring is 1. The fourth-order valence-electron chi connectivity index (χ4n) is 1.21. The Bertz CT molecular complexity index is 543. The van der Waals surface area contributed by atoms with E-state index in [1.807, 2.05) is 6.07 Å². The molecule has 0 saturated carbocycles. The predicted octanol–water partition coefficient (Wildman–Crippen LogP) is 4.53. The quantitative estimate of drug-likeness (QED) is 0.821. The number of nitrogens with two attached hydrogens (primary N) is 1. The zero-order valence-electron chi connectivity index (χ0n) is 8.45. The smallest absolute Gasteiger partial charge is 0.222 e. The van der Waals surface area contributed by atoms with Gasteiger partial charge in [0.25, 0.3) is 0 Å². The Morgan fingerprint density at radius 1 is 1.18 bits per heavy atom. The lowest BCUT2D eigenvalue weighted by atomic mass is 10.3. The first-order valence-electron chi connectivity index (χ1n) is 4.60. The molecule has 1 aromatic carbocycles. The molecule has 1 heterocycles. The van der Waals surface area contributed by atoms with Gasteiger partial charge in [-0.25, -0.2) is 4.98 Å². The lowest BCUT2D eigenvalue weighted by Gasteiger charge is -2.07. The van der Waals surface area contributed by atoms with Crippen LogP contribution < -0.4 is 10.5 Å². The van der Waals surface area contributed by atoms with Crippen molar-refractivity contribution in [3.63, 3.8) is 0 Å². The fourth-order valence-corrected chi connectivity index (χ4v) is 2.14. The van der Waals surface area contributed by atoms with E-state index in [2.05, 4.69) is 20.9 Å². The molecule has 88 valence electrons. The van der Waals surface area contributed by atoms with E-state index in [0.29, 0.717) is 22.3 Å². The maximum Gasteiger partial charge on any atom is 0.222 e. The lowest BCUT2D eigenvalue weighted by molar-refractivity contribution is 0.463. The third-order valence-corrected chi connectivity index (χ3v) is 2.88. The van der Waals surface area contributed by atoms with Gasteiger partial charge < -0.3 is 10.5 Å². The van der Waals surface area contributed by atoms with Crippen molar-refractivity contribution in [2.45, 2.75) is 0 Å². The highest BCUT2D eigenvalue weighted by Gasteiger charge is 2.06. The molecule has 0 amide bonds. The van der Waals surface area contributed by atoms with Gasteiger partial charge in [0, 0.05) is 16.2 Å². The second-order valence-electron chi connectivity index (χ2n) is 3.24. The molecule has 0 bridgehead atoms. The summed E-state index contributed by atoms with van der Waals surface area (Å²) >= 11 is 15.1. The Morgan fingerprint density at radius 2 is 1.94 bits per heavy atom. The second-order valence-corrected chi connectivity index (χ2v) is 4.95. The summed E-state index contributed by atoms with van der Waals surface area (Å²) in [5, 5.41) is 0.743. The zero-order chi connectivity index (χ0) is 12.4. The average molecular weight is 334 g/mol. The number of rotatable bonds is 2. The summed E-state index contributed by atoms with van der Waals surface area (Å²) in [5.74, 6) is 0.795. The van der Waals surface area contributed by atoms with Crippen LogP contribution in [0.4, 0.5) is 5.69 Å². The molecular weight excluding hydrogens is 327 g/mol. The Balaban J connectivity index is 2.31. The van der Waals surface area contributed by atoms with Crippen molar-refractivity contribution in [2.75, 3.05) is 5.73 Å². The molecule has 0 aliphatic heterocycles. The molecule has 0 radical (unpaired) electrons. The van der Waals surface area contributed by atoms with Crippen LogP contribution in [0, 0.1) is 0 Å². The number of nitrogens with zero attached hydrogens (tertiary/aromatic N) is 1. The van der Waals surface area contributed by atoms with E-state index >= 15 is 0 Å². The first-order valence-corrected chi connectivity index (χ1v) is 6.15. The molecule has 6 heteroatoms. The SMILES string of the molecule is Nc1cc(Cl)nc(Oc2ccc(Br)cc2Cl)c1. The Kier molecular flexibility index (Phi) is 3.76. The molecule has 0 spiro atoms. The highest BCUT2D eigenvalue weighted by atomic mass is 79.9. The van der Waals surface area contributed by atoms with Crippen molar-refractivity contribution >= 4 is 44.8 Å². The van der Waals surface area contributed by atoms with Gasteiger partial charge in [-0.15, -0.1) is 0 Å². The van der Waals surface area contributed by atoms with E-state index in [1.165, 1.54) is 6.07 Å². The molecule has 0 aliphatic rings. The van der Waals surface area contributed by atoms with E-state index in [0.717, 1.165) is 4.47 Å². The normalized spacial score (nSPS) is 10.3. The Morgan fingerprint density at radius 3 is 2.59 bits per heavy atom. The summed E-state index contributed by atoms with van der Waals surface area (Å²) in [6.45, 7) is 0. The van der Waals surface area contributed by atoms with Gasteiger partial charge in [0.2, 0.25) is 5.88 Å². The van der Waals surface area contributed by atoms with Gasteiger partial charge in [-0.3, -0.25) is 0 Å². The average Bonchev–Trinajstić information content (AvgIpc) is 2.21. The van der Waals surface area contributed by atoms with E-state index in [9.17, 15) is 0 Å².